The topological polar surface area (TPSA) is 93.4 Å². The predicted molar refractivity (Wildman–Crippen MR) is 96.8 cm³/mol. The fourth-order valence-corrected chi connectivity index (χ4v) is 3.15. The number of carboxylic acids is 1. The van der Waals surface area contributed by atoms with E-state index < -0.39 is 17.9 Å². The third-order valence-corrected chi connectivity index (χ3v) is 4.69. The molecule has 1 heterocycles. The summed E-state index contributed by atoms with van der Waals surface area (Å²) in [5.74, 6) is -1.12. The van der Waals surface area contributed by atoms with Gasteiger partial charge < -0.3 is 15.3 Å². The summed E-state index contributed by atoms with van der Waals surface area (Å²) in [5, 5.41) is 20.9. The number of carbonyl (C=O) groups excluding carboxylic acids is 1. The zero-order valence-electron chi connectivity index (χ0n) is 14.1. The maximum Gasteiger partial charge on any atom is 0.326 e. The van der Waals surface area contributed by atoms with Gasteiger partial charge in [0.25, 0.3) is 5.91 Å². The van der Waals surface area contributed by atoms with Crippen molar-refractivity contribution >= 4 is 23.6 Å². The number of fused-ring (bicyclic) bond motifs is 1. The maximum absolute atomic E-state index is 12.3. The number of nitrogens with one attached hydrogen (secondary N) is 1. The lowest BCUT2D eigenvalue weighted by Gasteiger charge is -2.27. The smallest absolute Gasteiger partial charge is 0.326 e. The zero-order chi connectivity index (χ0) is 18.2. The minimum absolute atomic E-state index is 0.0743. The second-order valence-electron chi connectivity index (χ2n) is 5.79. The van der Waals surface area contributed by atoms with E-state index in [2.05, 4.69) is 11.4 Å². The molecule has 132 valence electrons. The van der Waals surface area contributed by atoms with Crippen LogP contribution in [0.2, 0.25) is 0 Å². The number of hydrogen-bond acceptors (Lipinski definition) is 5. The third-order valence-electron chi connectivity index (χ3n) is 4.05. The SMILES string of the molecule is CSCCC(NC(=O)/C(C#N)=C\N1CCc2ccccc2C1)C(=O)O. The second kappa shape index (κ2) is 9.14. The van der Waals surface area contributed by atoms with E-state index in [1.807, 2.05) is 35.4 Å². The molecule has 1 aliphatic rings. The van der Waals surface area contributed by atoms with Crippen molar-refractivity contribution in [2.45, 2.75) is 25.4 Å². The first-order chi connectivity index (χ1) is 12.0. The fourth-order valence-electron chi connectivity index (χ4n) is 2.68. The summed E-state index contributed by atoms with van der Waals surface area (Å²) in [5.41, 5.74) is 2.37. The van der Waals surface area contributed by atoms with Gasteiger partial charge >= 0.3 is 5.97 Å². The van der Waals surface area contributed by atoms with Crippen molar-refractivity contribution in [1.82, 2.24) is 10.2 Å². The van der Waals surface area contributed by atoms with E-state index in [9.17, 15) is 20.0 Å². The average molecular weight is 359 g/mol. The molecule has 1 amide bonds. The molecule has 2 rings (SSSR count). The molecule has 1 aromatic carbocycles. The Bertz CT molecular complexity index is 712. The van der Waals surface area contributed by atoms with Gasteiger partial charge in [-0.25, -0.2) is 4.79 Å². The van der Waals surface area contributed by atoms with Crippen LogP contribution in [0.5, 0.6) is 0 Å². The molecular weight excluding hydrogens is 338 g/mol. The van der Waals surface area contributed by atoms with E-state index in [4.69, 9.17) is 0 Å². The molecular formula is C18H21N3O3S. The summed E-state index contributed by atoms with van der Waals surface area (Å²) in [6.45, 7) is 1.34. The predicted octanol–water partition coefficient (Wildman–Crippen LogP) is 1.77. The van der Waals surface area contributed by atoms with E-state index in [0.29, 0.717) is 25.3 Å². The Balaban J connectivity index is 2.05. The third kappa shape index (κ3) is 5.26. The van der Waals surface area contributed by atoms with E-state index in [1.54, 1.807) is 0 Å². The largest absolute Gasteiger partial charge is 0.480 e. The number of carboxylic acid groups (broad SMARTS) is 1. The van der Waals surface area contributed by atoms with Gasteiger partial charge in [0.15, 0.2) is 0 Å². The van der Waals surface area contributed by atoms with Crippen molar-refractivity contribution in [3.05, 3.63) is 47.2 Å². The number of rotatable bonds is 7. The van der Waals surface area contributed by atoms with Crippen molar-refractivity contribution in [3.8, 4) is 6.07 Å². The van der Waals surface area contributed by atoms with Crippen LogP contribution < -0.4 is 5.32 Å². The fraction of sp³-hybridized carbons (Fsp3) is 0.389. The van der Waals surface area contributed by atoms with Crippen LogP contribution in [-0.4, -0.2) is 46.5 Å². The molecule has 2 N–H and O–H groups in total. The van der Waals surface area contributed by atoms with E-state index in [-0.39, 0.29) is 5.57 Å². The van der Waals surface area contributed by atoms with Crippen molar-refractivity contribution < 1.29 is 14.7 Å². The number of amides is 1. The summed E-state index contributed by atoms with van der Waals surface area (Å²) in [7, 11) is 0. The molecule has 7 heteroatoms. The highest BCUT2D eigenvalue weighted by Gasteiger charge is 2.22. The second-order valence-corrected chi connectivity index (χ2v) is 6.78. The highest BCUT2D eigenvalue weighted by Crippen LogP contribution is 2.19. The van der Waals surface area contributed by atoms with Gasteiger partial charge in [-0.1, -0.05) is 24.3 Å². The summed E-state index contributed by atoms with van der Waals surface area (Å²) >= 11 is 1.51. The van der Waals surface area contributed by atoms with Gasteiger partial charge in [-0.05, 0) is 36.0 Å². The van der Waals surface area contributed by atoms with Crippen LogP contribution in [-0.2, 0) is 22.6 Å². The number of carbonyl (C=O) groups is 2. The standard InChI is InChI=1S/C18H21N3O3S/c1-25-9-7-16(18(23)24)20-17(22)15(10-19)12-21-8-6-13-4-2-3-5-14(13)11-21/h2-5,12,16H,6-9,11H2,1H3,(H,20,22)(H,23,24)/b15-12-. The van der Waals surface area contributed by atoms with Crippen LogP contribution in [0.3, 0.4) is 0 Å². The van der Waals surface area contributed by atoms with Crippen LogP contribution in [0.15, 0.2) is 36.0 Å². The molecule has 0 bridgehead atoms. The van der Waals surface area contributed by atoms with Gasteiger partial charge in [-0.2, -0.15) is 17.0 Å². The Hall–Kier alpha value is -2.46. The molecule has 0 radical (unpaired) electrons. The van der Waals surface area contributed by atoms with Crippen molar-refractivity contribution in [3.63, 3.8) is 0 Å². The molecule has 1 aliphatic heterocycles. The lowest BCUT2D eigenvalue weighted by molar-refractivity contribution is -0.141. The summed E-state index contributed by atoms with van der Waals surface area (Å²) in [6.07, 6.45) is 4.56. The Kier molecular flexibility index (Phi) is 6.90. The van der Waals surface area contributed by atoms with Crippen LogP contribution in [0, 0.1) is 11.3 Å². The summed E-state index contributed by atoms with van der Waals surface area (Å²) < 4.78 is 0. The monoisotopic (exact) mass is 359 g/mol. The Morgan fingerprint density at radius 2 is 2.16 bits per heavy atom. The first-order valence-corrected chi connectivity index (χ1v) is 9.40. The number of benzene rings is 1. The molecule has 1 atom stereocenters. The highest BCUT2D eigenvalue weighted by atomic mass is 32.2. The maximum atomic E-state index is 12.3. The molecule has 0 aliphatic carbocycles. The van der Waals surface area contributed by atoms with Gasteiger partial charge in [0.1, 0.15) is 17.7 Å². The number of hydrogen-bond donors (Lipinski definition) is 2. The highest BCUT2D eigenvalue weighted by molar-refractivity contribution is 7.98. The zero-order valence-corrected chi connectivity index (χ0v) is 14.9. The Morgan fingerprint density at radius 3 is 2.80 bits per heavy atom. The number of thioether (sulfide) groups is 1. The first kappa shape index (κ1) is 18.9. The van der Waals surface area contributed by atoms with Crippen LogP contribution in [0.1, 0.15) is 17.5 Å². The molecule has 0 fully saturated rings. The normalized spacial score (nSPS) is 15.0. The van der Waals surface area contributed by atoms with Crippen LogP contribution >= 0.6 is 11.8 Å². The average Bonchev–Trinajstić information content (AvgIpc) is 2.62. The number of nitrogens with zero attached hydrogens (tertiary/aromatic N) is 2. The van der Waals surface area contributed by atoms with Crippen molar-refractivity contribution in [1.29, 1.82) is 5.26 Å². The van der Waals surface area contributed by atoms with Crippen molar-refractivity contribution in [2.75, 3.05) is 18.6 Å². The quantitative estimate of drug-likeness (QED) is 0.569. The number of nitriles is 1. The molecule has 0 aromatic heterocycles. The van der Waals surface area contributed by atoms with Gasteiger partial charge in [0.2, 0.25) is 0 Å². The summed E-state index contributed by atoms with van der Waals surface area (Å²) in [6, 6.07) is 8.97. The van der Waals surface area contributed by atoms with Gasteiger partial charge in [-0.15, -0.1) is 0 Å². The molecule has 0 saturated heterocycles. The van der Waals surface area contributed by atoms with Crippen molar-refractivity contribution in [2.24, 2.45) is 0 Å². The lowest BCUT2D eigenvalue weighted by atomic mass is 10.00. The van der Waals surface area contributed by atoms with Gasteiger partial charge in [0.05, 0.1) is 0 Å². The molecule has 1 unspecified atom stereocenters. The first-order valence-electron chi connectivity index (χ1n) is 8.00. The van der Waals surface area contributed by atoms with Gasteiger partial charge in [0, 0.05) is 19.3 Å². The van der Waals surface area contributed by atoms with E-state index in [1.165, 1.54) is 29.1 Å². The molecule has 6 nitrogen and oxygen atoms in total. The lowest BCUT2D eigenvalue weighted by Crippen LogP contribution is -2.42. The minimum Gasteiger partial charge on any atom is -0.480 e. The number of aliphatic carboxylic acids is 1. The molecule has 1 aromatic rings. The van der Waals surface area contributed by atoms with Crippen LogP contribution in [0.25, 0.3) is 0 Å². The molecule has 0 spiro atoms. The van der Waals surface area contributed by atoms with E-state index in [0.717, 1.165) is 6.42 Å². The Morgan fingerprint density at radius 1 is 1.44 bits per heavy atom. The Labute approximate surface area is 151 Å². The summed E-state index contributed by atoms with van der Waals surface area (Å²) in [4.78, 5) is 25.4. The van der Waals surface area contributed by atoms with E-state index >= 15 is 0 Å². The minimum atomic E-state index is -1.09. The van der Waals surface area contributed by atoms with Gasteiger partial charge in [-0.3, -0.25) is 4.79 Å². The van der Waals surface area contributed by atoms with Crippen LogP contribution in [0.4, 0.5) is 0 Å². The molecule has 0 saturated carbocycles. The molecule has 25 heavy (non-hydrogen) atoms.